The Morgan fingerprint density at radius 2 is 1.25 bits per heavy atom. The van der Waals surface area contributed by atoms with Crippen LogP contribution >= 0.6 is 17.0 Å². The quantitative estimate of drug-likeness (QED) is 0.412. The van der Waals surface area contributed by atoms with Gasteiger partial charge in [-0.1, -0.05) is 49.3 Å². The topological polar surface area (TPSA) is 0 Å². The third-order valence-electron chi connectivity index (χ3n) is 6.33. The number of fused-ring (bicyclic) bond motifs is 3. The second kappa shape index (κ2) is 8.41. The van der Waals surface area contributed by atoms with Gasteiger partial charge in [-0.15, -0.1) is 37.8 Å². The van der Waals surface area contributed by atoms with Gasteiger partial charge in [-0.2, -0.15) is 12.8 Å². The van der Waals surface area contributed by atoms with Crippen LogP contribution in [-0.4, -0.2) is 0 Å². The molecule has 0 spiro atoms. The van der Waals surface area contributed by atoms with E-state index in [1.165, 1.54) is 25.7 Å². The molecule has 0 aromatic heterocycles. The van der Waals surface area contributed by atoms with Crippen LogP contribution in [0, 0.1) is 40.9 Å². The molecule has 4 rings (SSSR count). The Morgan fingerprint density at radius 3 is 1.71 bits per heavy atom. The van der Waals surface area contributed by atoms with Crippen LogP contribution in [0.15, 0.2) is 48.6 Å². The fourth-order valence-electron chi connectivity index (χ4n) is 5.29. The number of hydrogen-bond donors (Lipinski definition) is 0. The van der Waals surface area contributed by atoms with Gasteiger partial charge in [0.05, 0.1) is 0 Å². The Bertz CT molecular complexity index is 506. The van der Waals surface area contributed by atoms with Gasteiger partial charge in [-0.25, -0.2) is 0 Å². The van der Waals surface area contributed by atoms with Crippen molar-refractivity contribution in [2.24, 2.45) is 29.1 Å². The molecule has 0 N–H and O–H groups in total. The molecule has 0 bridgehead atoms. The summed E-state index contributed by atoms with van der Waals surface area (Å²) < 4.78 is 0. The Balaban J connectivity index is 0.000000526. The van der Waals surface area contributed by atoms with Crippen molar-refractivity contribution in [3.05, 3.63) is 60.4 Å². The molecule has 2 fully saturated rings. The molecular weight excluding hydrogens is 414 g/mol. The van der Waals surface area contributed by atoms with Gasteiger partial charge < -0.3 is 11.8 Å². The van der Waals surface area contributed by atoms with E-state index in [1.807, 2.05) is 5.92 Å². The molecule has 0 radical (unpaired) electrons. The Labute approximate surface area is 166 Å². The monoisotopic (exact) mass is 438 g/mol. The standard InChI is InChI=1S/C21H26.2ClH.Zr/c1-21(2,15-9-3-4-10-15)20-18-13-7-5-11-16(18)17-12-6-8-14-19(17)20;;;/h5-8,11-14,16-19H,3-4,9-10H2,1-2H3;2*1H;/q-2;;;+4/p-2. The molecular formula is C21H26Cl2Zr. The molecule has 4 unspecified atom stereocenters. The van der Waals surface area contributed by atoms with E-state index in [-0.39, 0.29) is 0 Å². The first-order valence-electron chi connectivity index (χ1n) is 9.00. The maximum absolute atomic E-state index is 4.93. The van der Waals surface area contributed by atoms with E-state index in [4.69, 9.17) is 17.0 Å². The summed E-state index contributed by atoms with van der Waals surface area (Å²) in [6.45, 7) is 5.00. The van der Waals surface area contributed by atoms with E-state index in [9.17, 15) is 0 Å². The zero-order chi connectivity index (χ0) is 17.2. The fourth-order valence-corrected chi connectivity index (χ4v) is 5.29. The zero-order valence-electron chi connectivity index (χ0n) is 14.5. The molecule has 0 aliphatic heterocycles. The van der Waals surface area contributed by atoms with E-state index in [0.717, 1.165) is 0 Å². The molecule has 3 heteroatoms. The van der Waals surface area contributed by atoms with Crippen molar-refractivity contribution < 1.29 is 20.8 Å². The SMILES string of the molecule is CC(C)([C-]1CCCC1)[C-]1C2C=CC=CC2C2C=CC=CC12.[Cl][Zr+2][Cl]. The number of halogens is 2. The van der Waals surface area contributed by atoms with Crippen LogP contribution in [-0.2, 0) is 20.8 Å². The Morgan fingerprint density at radius 1 is 0.833 bits per heavy atom. The predicted molar refractivity (Wildman–Crippen MR) is 101 cm³/mol. The van der Waals surface area contributed by atoms with Crippen LogP contribution in [0.3, 0.4) is 0 Å². The molecule has 0 nitrogen and oxygen atoms in total. The Hall–Kier alpha value is 0.423. The minimum atomic E-state index is -0.826. The van der Waals surface area contributed by atoms with Crippen molar-refractivity contribution in [2.75, 3.05) is 0 Å². The van der Waals surface area contributed by atoms with Gasteiger partial charge in [0, 0.05) is 0 Å². The van der Waals surface area contributed by atoms with Crippen LogP contribution in [0.5, 0.6) is 0 Å². The van der Waals surface area contributed by atoms with Crippen LogP contribution in [0.2, 0.25) is 0 Å². The van der Waals surface area contributed by atoms with Crippen molar-refractivity contribution in [2.45, 2.75) is 39.5 Å². The van der Waals surface area contributed by atoms with Gasteiger partial charge in [0.15, 0.2) is 0 Å². The second-order valence-electron chi connectivity index (χ2n) is 7.71. The predicted octanol–water partition coefficient (Wildman–Crippen LogP) is 6.84. The third kappa shape index (κ3) is 3.61. The zero-order valence-corrected chi connectivity index (χ0v) is 18.5. The van der Waals surface area contributed by atoms with Gasteiger partial charge in [-0.3, -0.25) is 5.41 Å². The van der Waals surface area contributed by atoms with Crippen molar-refractivity contribution in [1.82, 2.24) is 0 Å². The van der Waals surface area contributed by atoms with E-state index in [0.29, 0.717) is 29.1 Å². The summed E-state index contributed by atoms with van der Waals surface area (Å²) >= 11 is -0.826. The van der Waals surface area contributed by atoms with Crippen molar-refractivity contribution in [3.63, 3.8) is 0 Å². The molecule has 0 aromatic carbocycles. The molecule has 0 amide bonds. The second-order valence-corrected chi connectivity index (χ2v) is 11.4. The molecule has 0 heterocycles. The van der Waals surface area contributed by atoms with Crippen LogP contribution in [0.1, 0.15) is 39.5 Å². The summed E-state index contributed by atoms with van der Waals surface area (Å²) in [6, 6.07) is 0. The molecule has 4 aliphatic carbocycles. The van der Waals surface area contributed by atoms with Gasteiger partial charge in [0.25, 0.3) is 0 Å². The van der Waals surface area contributed by atoms with E-state index < -0.39 is 20.8 Å². The number of hydrogen-bond acceptors (Lipinski definition) is 0. The van der Waals surface area contributed by atoms with E-state index in [1.54, 1.807) is 5.92 Å². The fraction of sp³-hybridized carbons (Fsp3) is 0.524. The van der Waals surface area contributed by atoms with Gasteiger partial charge in [0.1, 0.15) is 0 Å². The minimum absolute atomic E-state index is 0.296. The summed E-state index contributed by atoms with van der Waals surface area (Å²) in [7, 11) is 9.87. The summed E-state index contributed by atoms with van der Waals surface area (Å²) in [5.74, 6) is 6.23. The summed E-state index contributed by atoms with van der Waals surface area (Å²) in [6.07, 6.45) is 24.4. The normalized spacial score (nSPS) is 34.5. The number of rotatable bonds is 2. The van der Waals surface area contributed by atoms with Gasteiger partial charge >= 0.3 is 37.9 Å². The van der Waals surface area contributed by atoms with Crippen LogP contribution in [0.25, 0.3) is 0 Å². The van der Waals surface area contributed by atoms with E-state index in [2.05, 4.69) is 62.5 Å². The van der Waals surface area contributed by atoms with Crippen molar-refractivity contribution >= 4 is 17.0 Å². The molecule has 4 aliphatic rings. The molecule has 24 heavy (non-hydrogen) atoms. The Kier molecular flexibility index (Phi) is 6.72. The molecule has 2 saturated carbocycles. The van der Waals surface area contributed by atoms with Crippen molar-refractivity contribution in [3.8, 4) is 0 Å². The first kappa shape index (κ1) is 19.2. The first-order valence-corrected chi connectivity index (χ1v) is 15.3. The van der Waals surface area contributed by atoms with Gasteiger partial charge in [-0.05, 0) is 11.8 Å². The molecule has 0 saturated heterocycles. The third-order valence-corrected chi connectivity index (χ3v) is 6.33. The first-order chi connectivity index (χ1) is 11.6. The van der Waals surface area contributed by atoms with Gasteiger partial charge in [0.2, 0.25) is 0 Å². The molecule has 128 valence electrons. The van der Waals surface area contributed by atoms with E-state index >= 15 is 0 Å². The average molecular weight is 441 g/mol. The molecule has 4 atom stereocenters. The summed E-state index contributed by atoms with van der Waals surface area (Å²) in [5, 5.41) is 0. The van der Waals surface area contributed by atoms with Crippen LogP contribution in [0.4, 0.5) is 0 Å². The maximum atomic E-state index is 4.93. The number of allylic oxidation sites excluding steroid dienone is 8. The summed E-state index contributed by atoms with van der Waals surface area (Å²) in [4.78, 5) is 0. The summed E-state index contributed by atoms with van der Waals surface area (Å²) in [5.41, 5.74) is 0.296. The average Bonchev–Trinajstić information content (AvgIpc) is 3.22. The molecule has 0 aromatic rings. The van der Waals surface area contributed by atoms with Crippen LogP contribution < -0.4 is 0 Å². The van der Waals surface area contributed by atoms with Crippen molar-refractivity contribution in [1.29, 1.82) is 0 Å².